The first-order valence-electron chi connectivity index (χ1n) is 5.65. The summed E-state index contributed by atoms with van der Waals surface area (Å²) in [6.07, 6.45) is 6.80. The Hall–Kier alpha value is -1.03. The summed E-state index contributed by atoms with van der Waals surface area (Å²) in [7, 11) is 0. The molecule has 0 aliphatic rings. The molecule has 0 bridgehead atoms. The molecule has 3 nitrogen and oxygen atoms in total. The van der Waals surface area contributed by atoms with Crippen LogP contribution in [0.2, 0.25) is 0 Å². The molecule has 18 heavy (non-hydrogen) atoms. The summed E-state index contributed by atoms with van der Waals surface area (Å²) in [6.45, 7) is 3.01. The van der Waals surface area contributed by atoms with E-state index in [0.717, 1.165) is 26.1 Å². The second-order valence-electron chi connectivity index (χ2n) is 3.82. The molecule has 5 heteroatoms. The Bertz CT molecular complexity index is 390. The van der Waals surface area contributed by atoms with Crippen LogP contribution < -0.4 is 30.1 Å². The van der Waals surface area contributed by atoms with Gasteiger partial charge in [0.25, 0.3) is 0 Å². The van der Waals surface area contributed by atoms with Gasteiger partial charge in [-0.25, -0.2) is 4.98 Å². The highest BCUT2D eigenvalue weighted by Crippen LogP contribution is 1.97. The summed E-state index contributed by atoms with van der Waals surface area (Å²) >= 11 is 0. The number of aryl methyl sites for hydroxylation is 1. The molecule has 1 heterocycles. The van der Waals surface area contributed by atoms with E-state index in [4.69, 9.17) is 0 Å². The van der Waals surface area contributed by atoms with Crippen molar-refractivity contribution < 1.29 is 24.8 Å². The fourth-order valence-corrected chi connectivity index (χ4v) is 1.63. The molecular weight excluding hydrogens is 269 g/mol. The van der Waals surface area contributed by atoms with Gasteiger partial charge in [0.1, 0.15) is 0 Å². The minimum Gasteiger partial charge on any atom is -1.00 e. The van der Waals surface area contributed by atoms with Crippen LogP contribution in [0.1, 0.15) is 12.0 Å². The van der Waals surface area contributed by atoms with Crippen molar-refractivity contribution in [2.45, 2.75) is 19.5 Å². The zero-order chi connectivity index (χ0) is 11.1. The molecule has 2 rings (SSSR count). The maximum Gasteiger partial charge on any atom is 0.0945 e. The van der Waals surface area contributed by atoms with Crippen LogP contribution in [-0.4, -0.2) is 16.1 Å². The van der Waals surface area contributed by atoms with Crippen LogP contribution >= 0.6 is 0 Å². The summed E-state index contributed by atoms with van der Waals surface area (Å²) in [6, 6.07) is 10.5. The van der Waals surface area contributed by atoms with Crippen LogP contribution in [0.4, 0.5) is 0 Å². The maximum absolute atomic E-state index is 4.01. The van der Waals surface area contributed by atoms with E-state index >= 15 is 0 Å². The van der Waals surface area contributed by atoms with Gasteiger partial charge in [0.05, 0.1) is 6.33 Å². The molecule has 1 aromatic heterocycles. The monoisotopic (exact) mass is 285 g/mol. The lowest BCUT2D eigenvalue weighted by atomic mass is 10.2. The Kier molecular flexibility index (Phi) is 9.38. The Morgan fingerprint density at radius 2 is 1.89 bits per heavy atom. The van der Waals surface area contributed by atoms with Crippen LogP contribution in [0.5, 0.6) is 0 Å². The van der Waals surface area contributed by atoms with Crippen LogP contribution in [-0.2, 0) is 13.1 Å². The first kappa shape index (κ1) is 17.0. The number of aromatic nitrogens is 2. The van der Waals surface area contributed by atoms with E-state index in [2.05, 4.69) is 39.1 Å². The predicted molar refractivity (Wildman–Crippen MR) is 65.0 cm³/mol. The van der Waals surface area contributed by atoms with Gasteiger partial charge in [-0.2, -0.15) is 0 Å². The van der Waals surface area contributed by atoms with Crippen molar-refractivity contribution in [3.05, 3.63) is 54.6 Å². The second kappa shape index (κ2) is 9.95. The summed E-state index contributed by atoms with van der Waals surface area (Å²) in [5.74, 6) is 0. The molecule has 0 radical (unpaired) electrons. The quantitative estimate of drug-likeness (QED) is 0.550. The van der Waals surface area contributed by atoms with Gasteiger partial charge in [0.2, 0.25) is 0 Å². The smallest absolute Gasteiger partial charge is 0.0945 e. The van der Waals surface area contributed by atoms with Crippen LogP contribution in [0.25, 0.3) is 0 Å². The molecule has 0 saturated heterocycles. The van der Waals surface area contributed by atoms with E-state index in [1.807, 2.05) is 24.8 Å². The van der Waals surface area contributed by atoms with E-state index in [1.54, 1.807) is 0 Å². The fourth-order valence-electron chi connectivity index (χ4n) is 1.63. The third-order valence-corrected chi connectivity index (χ3v) is 2.50. The SMILES string of the molecule is [Cl-].[Cl-].c1ccc(CNCCCn2ccnc2)cc1. The van der Waals surface area contributed by atoms with E-state index in [9.17, 15) is 0 Å². The zero-order valence-corrected chi connectivity index (χ0v) is 11.6. The average Bonchev–Trinajstić information content (AvgIpc) is 2.83. The number of imidazole rings is 1. The molecule has 0 aliphatic carbocycles. The summed E-state index contributed by atoms with van der Waals surface area (Å²) in [5, 5.41) is 3.43. The molecule has 0 spiro atoms. The van der Waals surface area contributed by atoms with Crippen molar-refractivity contribution in [2.75, 3.05) is 6.54 Å². The second-order valence-corrected chi connectivity index (χ2v) is 3.82. The zero-order valence-electron chi connectivity index (χ0n) is 10.1. The van der Waals surface area contributed by atoms with Crippen molar-refractivity contribution in [3.8, 4) is 0 Å². The standard InChI is InChI=1S/C13H17N3.2ClH/c1-2-5-13(6-3-1)11-14-7-4-9-16-10-8-15-12-16;;/h1-3,5-6,8,10,12,14H,4,7,9,11H2;2*1H/p-2. The normalized spacial score (nSPS) is 9.33. The molecule has 1 aromatic carbocycles. The van der Waals surface area contributed by atoms with Crippen LogP contribution in [0.15, 0.2) is 49.1 Å². The Labute approximate surface area is 120 Å². The van der Waals surface area contributed by atoms with Gasteiger partial charge in [0, 0.05) is 25.5 Å². The molecule has 0 saturated carbocycles. The number of nitrogens with zero attached hydrogens (tertiary/aromatic N) is 2. The van der Waals surface area contributed by atoms with Crippen LogP contribution in [0.3, 0.4) is 0 Å². The van der Waals surface area contributed by atoms with Crippen LogP contribution in [0, 0.1) is 0 Å². The highest BCUT2D eigenvalue weighted by molar-refractivity contribution is 5.14. The molecule has 1 N–H and O–H groups in total. The van der Waals surface area contributed by atoms with Gasteiger partial charge < -0.3 is 34.7 Å². The number of nitrogens with one attached hydrogen (secondary N) is 1. The molecule has 0 aliphatic heterocycles. The maximum atomic E-state index is 4.01. The highest BCUT2D eigenvalue weighted by atomic mass is 35.5. The first-order valence-corrected chi connectivity index (χ1v) is 5.65. The predicted octanol–water partition coefficient (Wildman–Crippen LogP) is -3.93. The lowest BCUT2D eigenvalue weighted by Gasteiger charge is -2.05. The molecule has 0 fully saturated rings. The van der Waals surface area contributed by atoms with Crippen molar-refractivity contribution in [1.82, 2.24) is 14.9 Å². The van der Waals surface area contributed by atoms with Gasteiger partial charge in [-0.15, -0.1) is 0 Å². The van der Waals surface area contributed by atoms with E-state index in [-0.39, 0.29) is 24.8 Å². The van der Waals surface area contributed by atoms with E-state index < -0.39 is 0 Å². The van der Waals surface area contributed by atoms with Gasteiger partial charge in [-0.05, 0) is 18.5 Å². The van der Waals surface area contributed by atoms with Gasteiger partial charge >= 0.3 is 0 Å². The molecule has 0 unspecified atom stereocenters. The number of halogens is 2. The number of hydrogen-bond donors (Lipinski definition) is 1. The summed E-state index contributed by atoms with van der Waals surface area (Å²) in [4.78, 5) is 4.01. The summed E-state index contributed by atoms with van der Waals surface area (Å²) < 4.78 is 2.10. The fraction of sp³-hybridized carbons (Fsp3) is 0.308. The number of hydrogen-bond acceptors (Lipinski definition) is 2. The Balaban J connectivity index is 0.00000144. The van der Waals surface area contributed by atoms with Crippen molar-refractivity contribution in [1.29, 1.82) is 0 Å². The molecule has 0 amide bonds. The third-order valence-electron chi connectivity index (χ3n) is 2.50. The number of rotatable bonds is 6. The average molecular weight is 286 g/mol. The molecule has 100 valence electrons. The topological polar surface area (TPSA) is 29.9 Å². The van der Waals surface area contributed by atoms with Crippen molar-refractivity contribution in [2.24, 2.45) is 0 Å². The minimum atomic E-state index is 0. The number of benzene rings is 1. The Morgan fingerprint density at radius 3 is 2.56 bits per heavy atom. The molecular formula is C13H17Cl2N3-2. The highest BCUT2D eigenvalue weighted by Gasteiger charge is 1.92. The van der Waals surface area contributed by atoms with Gasteiger partial charge in [0.15, 0.2) is 0 Å². The van der Waals surface area contributed by atoms with E-state index in [1.165, 1.54) is 5.56 Å². The lowest BCUT2D eigenvalue weighted by Crippen LogP contribution is -3.00. The van der Waals surface area contributed by atoms with E-state index in [0.29, 0.717) is 0 Å². The van der Waals surface area contributed by atoms with Gasteiger partial charge in [-0.1, -0.05) is 30.3 Å². The lowest BCUT2D eigenvalue weighted by molar-refractivity contribution is -0.001000. The first-order chi connectivity index (χ1) is 7.95. The van der Waals surface area contributed by atoms with Crippen molar-refractivity contribution in [3.63, 3.8) is 0 Å². The third kappa shape index (κ3) is 6.05. The van der Waals surface area contributed by atoms with Gasteiger partial charge in [-0.3, -0.25) is 0 Å². The molecule has 0 atom stereocenters. The minimum absolute atomic E-state index is 0. The van der Waals surface area contributed by atoms with Crippen molar-refractivity contribution >= 4 is 0 Å². The molecule has 2 aromatic rings. The summed E-state index contributed by atoms with van der Waals surface area (Å²) in [5.41, 5.74) is 1.34. The Morgan fingerprint density at radius 1 is 1.11 bits per heavy atom. The largest absolute Gasteiger partial charge is 1.00 e.